The fourth-order valence-electron chi connectivity index (χ4n) is 2.49. The molecule has 1 aliphatic rings. The van der Waals surface area contributed by atoms with E-state index in [2.05, 4.69) is 34.1 Å². The molecule has 0 unspecified atom stereocenters. The summed E-state index contributed by atoms with van der Waals surface area (Å²) >= 11 is 0. The van der Waals surface area contributed by atoms with E-state index in [1.807, 2.05) is 0 Å². The average Bonchev–Trinajstić information content (AvgIpc) is 2.51. The highest BCUT2D eigenvalue weighted by molar-refractivity contribution is 5.88. The number of esters is 1. The van der Waals surface area contributed by atoms with Crippen LogP contribution in [0.1, 0.15) is 39.5 Å². The van der Waals surface area contributed by atoms with E-state index in [4.69, 9.17) is 0 Å². The number of carbonyl (C=O) groups excluding carboxylic acids is 3. The number of amides is 2. The van der Waals surface area contributed by atoms with Crippen molar-refractivity contribution >= 4 is 17.8 Å². The Labute approximate surface area is 138 Å². The predicted molar refractivity (Wildman–Crippen MR) is 86.7 cm³/mol. The summed E-state index contributed by atoms with van der Waals surface area (Å²) in [6.45, 7) is 6.94. The zero-order valence-electron chi connectivity index (χ0n) is 14.4. The zero-order chi connectivity index (χ0) is 17.2. The van der Waals surface area contributed by atoms with Crippen molar-refractivity contribution in [2.24, 2.45) is 5.92 Å². The summed E-state index contributed by atoms with van der Waals surface area (Å²) in [4.78, 5) is 37.2. The third-order valence-electron chi connectivity index (χ3n) is 3.92. The quantitative estimate of drug-likeness (QED) is 0.469. The Morgan fingerprint density at radius 2 is 2.17 bits per heavy atom. The summed E-state index contributed by atoms with van der Waals surface area (Å²) in [5.41, 5.74) is 0. The number of methoxy groups -OCH3 is 1. The van der Waals surface area contributed by atoms with Crippen LogP contribution >= 0.6 is 0 Å². The minimum Gasteiger partial charge on any atom is -0.469 e. The van der Waals surface area contributed by atoms with Crippen molar-refractivity contribution in [3.8, 4) is 0 Å². The maximum atomic E-state index is 12.0. The van der Waals surface area contributed by atoms with E-state index >= 15 is 0 Å². The van der Waals surface area contributed by atoms with Gasteiger partial charge in [-0.25, -0.2) is 0 Å². The number of piperazine rings is 1. The summed E-state index contributed by atoms with van der Waals surface area (Å²) in [5.74, 6) is 0.0368. The second kappa shape index (κ2) is 10.2. The first-order valence-corrected chi connectivity index (χ1v) is 8.29. The Kier molecular flexibility index (Phi) is 8.61. The van der Waals surface area contributed by atoms with Crippen molar-refractivity contribution < 1.29 is 19.1 Å². The Hall–Kier alpha value is -1.63. The molecule has 0 spiro atoms. The van der Waals surface area contributed by atoms with Gasteiger partial charge in [-0.15, -0.1) is 0 Å². The van der Waals surface area contributed by atoms with Crippen molar-refractivity contribution in [2.75, 3.05) is 33.3 Å². The van der Waals surface area contributed by atoms with Crippen LogP contribution < -0.4 is 10.6 Å². The minimum atomic E-state index is -0.400. The van der Waals surface area contributed by atoms with Gasteiger partial charge < -0.3 is 15.4 Å². The van der Waals surface area contributed by atoms with Crippen LogP contribution in [-0.2, 0) is 19.1 Å². The molecular formula is C16H29N3O4. The largest absolute Gasteiger partial charge is 0.469 e. The third kappa shape index (κ3) is 7.45. The van der Waals surface area contributed by atoms with Crippen LogP contribution in [0.25, 0.3) is 0 Å². The molecule has 1 heterocycles. The molecule has 1 rings (SSSR count). The van der Waals surface area contributed by atoms with Gasteiger partial charge >= 0.3 is 5.97 Å². The average molecular weight is 327 g/mol. The molecule has 0 aromatic carbocycles. The van der Waals surface area contributed by atoms with Gasteiger partial charge in [-0.05, 0) is 25.3 Å². The number of ether oxygens (including phenoxy) is 1. The number of hydrogen-bond donors (Lipinski definition) is 2. The van der Waals surface area contributed by atoms with Crippen LogP contribution in [0.4, 0.5) is 0 Å². The molecule has 0 aromatic rings. The van der Waals surface area contributed by atoms with Crippen LogP contribution in [0.2, 0.25) is 0 Å². The van der Waals surface area contributed by atoms with Crippen LogP contribution in [-0.4, -0.2) is 62.0 Å². The van der Waals surface area contributed by atoms with E-state index in [-0.39, 0.29) is 30.6 Å². The van der Waals surface area contributed by atoms with Crippen molar-refractivity contribution in [3.63, 3.8) is 0 Å². The molecule has 0 radical (unpaired) electrons. The number of rotatable bonds is 9. The lowest BCUT2D eigenvalue weighted by atomic mass is 10.1. The number of nitrogens with one attached hydrogen (secondary N) is 2. The second-order valence-electron chi connectivity index (χ2n) is 6.26. The van der Waals surface area contributed by atoms with Crippen molar-refractivity contribution in [3.05, 3.63) is 0 Å². The molecule has 0 aromatic heterocycles. The lowest BCUT2D eigenvalue weighted by Crippen LogP contribution is -2.56. The molecule has 1 fully saturated rings. The van der Waals surface area contributed by atoms with Crippen molar-refractivity contribution in [2.45, 2.75) is 45.6 Å². The second-order valence-corrected chi connectivity index (χ2v) is 6.26. The number of hydrogen-bond acceptors (Lipinski definition) is 5. The summed E-state index contributed by atoms with van der Waals surface area (Å²) in [7, 11) is 1.34. The van der Waals surface area contributed by atoms with Gasteiger partial charge in [-0.3, -0.25) is 19.3 Å². The lowest BCUT2D eigenvalue weighted by molar-refractivity contribution is -0.140. The van der Waals surface area contributed by atoms with E-state index in [1.165, 1.54) is 7.11 Å². The monoisotopic (exact) mass is 327 g/mol. The molecule has 23 heavy (non-hydrogen) atoms. The molecule has 0 saturated carbocycles. The van der Waals surface area contributed by atoms with Gasteiger partial charge in [0.15, 0.2) is 0 Å². The van der Waals surface area contributed by atoms with Gasteiger partial charge in [0.05, 0.1) is 19.6 Å². The highest BCUT2D eigenvalue weighted by Gasteiger charge is 2.31. The molecular weight excluding hydrogens is 298 g/mol. The first-order chi connectivity index (χ1) is 10.9. The summed E-state index contributed by atoms with van der Waals surface area (Å²) in [6.07, 6.45) is 1.97. The van der Waals surface area contributed by atoms with Gasteiger partial charge in [-0.2, -0.15) is 0 Å². The highest BCUT2D eigenvalue weighted by Crippen LogP contribution is 2.12. The van der Waals surface area contributed by atoms with Gasteiger partial charge in [0.25, 0.3) is 0 Å². The third-order valence-corrected chi connectivity index (χ3v) is 3.92. The molecule has 1 atom stereocenters. The predicted octanol–water partition coefficient (Wildman–Crippen LogP) is 0.292. The van der Waals surface area contributed by atoms with Gasteiger partial charge in [-0.1, -0.05) is 13.8 Å². The maximum Gasteiger partial charge on any atom is 0.305 e. The first kappa shape index (κ1) is 19.4. The minimum absolute atomic E-state index is 0.0790. The molecule has 0 aliphatic carbocycles. The molecule has 2 amide bonds. The summed E-state index contributed by atoms with van der Waals surface area (Å²) in [6, 6.07) is -0.400. The molecule has 7 heteroatoms. The van der Waals surface area contributed by atoms with Crippen LogP contribution in [0.5, 0.6) is 0 Å². The molecule has 2 N–H and O–H groups in total. The zero-order valence-corrected chi connectivity index (χ0v) is 14.4. The molecule has 132 valence electrons. The van der Waals surface area contributed by atoms with Crippen LogP contribution in [0.3, 0.4) is 0 Å². The van der Waals surface area contributed by atoms with Crippen LogP contribution in [0, 0.1) is 5.92 Å². The Morgan fingerprint density at radius 3 is 2.83 bits per heavy atom. The van der Waals surface area contributed by atoms with E-state index in [0.717, 1.165) is 19.5 Å². The van der Waals surface area contributed by atoms with Crippen molar-refractivity contribution in [1.82, 2.24) is 15.5 Å². The lowest BCUT2D eigenvalue weighted by Gasteiger charge is -2.35. The molecule has 1 saturated heterocycles. The highest BCUT2D eigenvalue weighted by atomic mass is 16.5. The summed E-state index contributed by atoms with van der Waals surface area (Å²) < 4.78 is 4.54. The SMILES string of the molecule is COC(=O)CCCNC(=O)C[C@H]1C(=O)NCCN1CCC(C)C. The van der Waals surface area contributed by atoms with Crippen molar-refractivity contribution in [1.29, 1.82) is 0 Å². The van der Waals surface area contributed by atoms with Crippen LogP contribution in [0.15, 0.2) is 0 Å². The molecule has 1 aliphatic heterocycles. The number of carbonyl (C=O) groups is 3. The number of nitrogens with zero attached hydrogens (tertiary/aromatic N) is 1. The fraction of sp³-hybridized carbons (Fsp3) is 0.812. The molecule has 0 bridgehead atoms. The smallest absolute Gasteiger partial charge is 0.305 e. The topological polar surface area (TPSA) is 87.7 Å². The normalized spacial score (nSPS) is 18.6. The standard InChI is InChI=1S/C16H29N3O4/c1-12(2)6-9-19-10-8-18-16(22)13(19)11-14(20)17-7-4-5-15(21)23-3/h12-13H,4-11H2,1-3H3,(H,17,20)(H,18,22)/t13-/m0/s1. The van der Waals surface area contributed by atoms with E-state index in [0.29, 0.717) is 25.4 Å². The Morgan fingerprint density at radius 1 is 1.43 bits per heavy atom. The fourth-order valence-corrected chi connectivity index (χ4v) is 2.49. The van der Waals surface area contributed by atoms with Gasteiger partial charge in [0, 0.05) is 26.1 Å². The molecule has 7 nitrogen and oxygen atoms in total. The van der Waals surface area contributed by atoms with E-state index < -0.39 is 6.04 Å². The van der Waals surface area contributed by atoms with E-state index in [9.17, 15) is 14.4 Å². The Balaban J connectivity index is 2.38. The van der Waals surface area contributed by atoms with E-state index in [1.54, 1.807) is 0 Å². The first-order valence-electron chi connectivity index (χ1n) is 8.29. The summed E-state index contributed by atoms with van der Waals surface area (Å²) in [5, 5.41) is 5.59. The maximum absolute atomic E-state index is 12.0. The van der Waals surface area contributed by atoms with Gasteiger partial charge in [0.1, 0.15) is 0 Å². The Bertz CT molecular complexity index is 412. The van der Waals surface area contributed by atoms with Gasteiger partial charge in [0.2, 0.25) is 11.8 Å².